The number of Topliss-reactive ketones (excluding diaryl/α,β-unsaturated/α-hetero) is 1. The molecule has 1 fully saturated rings. The first-order valence-corrected chi connectivity index (χ1v) is 7.74. The Bertz CT molecular complexity index is 769. The number of ether oxygens (including phenoxy) is 1. The monoisotopic (exact) mass is 290 g/mol. The third kappa shape index (κ3) is 2.20. The predicted molar refractivity (Wildman–Crippen MR) is 86.7 cm³/mol. The Labute approximate surface area is 130 Å². The van der Waals surface area contributed by atoms with Gasteiger partial charge in [-0.15, -0.1) is 0 Å². The van der Waals surface area contributed by atoms with Crippen molar-refractivity contribution in [3.8, 4) is 0 Å². The van der Waals surface area contributed by atoms with Gasteiger partial charge in [-0.3, -0.25) is 4.79 Å². The highest BCUT2D eigenvalue weighted by Crippen LogP contribution is 2.40. The van der Waals surface area contributed by atoms with Crippen molar-refractivity contribution in [3.05, 3.63) is 76.4 Å². The number of fused-ring (bicyclic) bond motifs is 2. The van der Waals surface area contributed by atoms with Crippen LogP contribution in [0, 0.1) is 6.92 Å². The minimum absolute atomic E-state index is 0.0453. The average Bonchev–Trinajstić information content (AvgIpc) is 2.54. The van der Waals surface area contributed by atoms with Crippen LogP contribution in [0.25, 0.3) is 5.57 Å². The maximum absolute atomic E-state index is 11.9. The number of benzene rings is 2. The summed E-state index contributed by atoms with van der Waals surface area (Å²) >= 11 is 0. The summed E-state index contributed by atoms with van der Waals surface area (Å²) in [4.78, 5) is 11.9. The second-order valence-corrected chi connectivity index (χ2v) is 6.14. The van der Waals surface area contributed by atoms with Crippen LogP contribution < -0.4 is 0 Å². The largest absolute Gasteiger partial charge is 0.366 e. The summed E-state index contributed by atoms with van der Waals surface area (Å²) in [5.74, 6) is 0.176. The van der Waals surface area contributed by atoms with E-state index in [-0.39, 0.29) is 18.5 Å². The maximum atomic E-state index is 11.9. The molecule has 110 valence electrons. The standard InChI is InChI=1S/C20H18O2/c1-13-6-8-14(9-7-13)20-17-5-3-2-4-15(17)10-19-18(20)11-16(21)12-22-19/h2-9,19H,10-12H2,1H3. The molecule has 1 saturated heterocycles. The molecule has 4 rings (SSSR count). The summed E-state index contributed by atoms with van der Waals surface area (Å²) in [6.07, 6.45) is 1.43. The molecule has 0 saturated carbocycles. The van der Waals surface area contributed by atoms with E-state index in [0.29, 0.717) is 6.42 Å². The molecule has 2 aliphatic rings. The van der Waals surface area contributed by atoms with E-state index in [1.807, 2.05) is 0 Å². The molecule has 0 N–H and O–H groups in total. The van der Waals surface area contributed by atoms with Crippen molar-refractivity contribution >= 4 is 11.4 Å². The first-order valence-electron chi connectivity index (χ1n) is 7.74. The van der Waals surface area contributed by atoms with Crippen molar-refractivity contribution in [1.29, 1.82) is 0 Å². The summed E-state index contributed by atoms with van der Waals surface area (Å²) < 4.78 is 5.82. The zero-order chi connectivity index (χ0) is 15.1. The lowest BCUT2D eigenvalue weighted by Crippen LogP contribution is -2.33. The summed E-state index contributed by atoms with van der Waals surface area (Å²) in [7, 11) is 0. The summed E-state index contributed by atoms with van der Waals surface area (Å²) in [6, 6.07) is 17.0. The van der Waals surface area contributed by atoms with Gasteiger partial charge in [0.2, 0.25) is 0 Å². The fourth-order valence-corrected chi connectivity index (χ4v) is 3.48. The van der Waals surface area contributed by atoms with Crippen LogP contribution in [0.2, 0.25) is 0 Å². The Hall–Kier alpha value is -2.19. The van der Waals surface area contributed by atoms with E-state index in [2.05, 4.69) is 55.5 Å². The molecule has 1 unspecified atom stereocenters. The van der Waals surface area contributed by atoms with Gasteiger partial charge in [-0.05, 0) is 34.8 Å². The molecule has 0 amide bonds. The van der Waals surface area contributed by atoms with E-state index in [4.69, 9.17) is 4.74 Å². The molecule has 2 aromatic carbocycles. The number of aryl methyl sites for hydroxylation is 1. The van der Waals surface area contributed by atoms with Gasteiger partial charge < -0.3 is 4.74 Å². The molecule has 2 aromatic rings. The lowest BCUT2D eigenvalue weighted by atomic mass is 9.78. The molecule has 0 bridgehead atoms. The predicted octanol–water partition coefficient (Wildman–Crippen LogP) is 3.71. The fourth-order valence-electron chi connectivity index (χ4n) is 3.48. The number of hydrogen-bond acceptors (Lipinski definition) is 2. The minimum Gasteiger partial charge on any atom is -0.366 e. The van der Waals surface area contributed by atoms with Gasteiger partial charge in [0.25, 0.3) is 0 Å². The molecule has 2 nitrogen and oxygen atoms in total. The third-order valence-corrected chi connectivity index (χ3v) is 4.58. The number of rotatable bonds is 1. The lowest BCUT2D eigenvalue weighted by molar-refractivity contribution is -0.127. The molecule has 2 heteroatoms. The Balaban J connectivity index is 1.95. The van der Waals surface area contributed by atoms with Crippen LogP contribution in [0.5, 0.6) is 0 Å². The Morgan fingerprint density at radius 1 is 1.05 bits per heavy atom. The van der Waals surface area contributed by atoms with Gasteiger partial charge in [-0.2, -0.15) is 0 Å². The van der Waals surface area contributed by atoms with Gasteiger partial charge in [-0.1, -0.05) is 54.1 Å². The molecule has 1 aliphatic carbocycles. The van der Waals surface area contributed by atoms with Crippen LogP contribution in [-0.4, -0.2) is 18.5 Å². The number of ketones is 1. The van der Waals surface area contributed by atoms with Gasteiger partial charge in [0.1, 0.15) is 6.61 Å². The van der Waals surface area contributed by atoms with Crippen LogP contribution in [-0.2, 0) is 16.0 Å². The molecule has 1 aliphatic heterocycles. The molecular formula is C20H18O2. The normalized spacial score (nSPS) is 20.6. The van der Waals surface area contributed by atoms with Crippen LogP contribution in [0.3, 0.4) is 0 Å². The third-order valence-electron chi connectivity index (χ3n) is 4.58. The van der Waals surface area contributed by atoms with Crippen LogP contribution in [0.4, 0.5) is 0 Å². The highest BCUT2D eigenvalue weighted by molar-refractivity contribution is 5.92. The molecule has 1 atom stereocenters. The van der Waals surface area contributed by atoms with Crippen LogP contribution in [0.15, 0.2) is 54.1 Å². The van der Waals surface area contributed by atoms with Crippen molar-refractivity contribution in [2.45, 2.75) is 25.9 Å². The molecule has 1 heterocycles. The smallest absolute Gasteiger partial charge is 0.162 e. The molecule has 0 radical (unpaired) electrons. The van der Waals surface area contributed by atoms with E-state index in [1.165, 1.54) is 27.8 Å². The topological polar surface area (TPSA) is 26.3 Å². The molecule has 0 aromatic heterocycles. The first-order chi connectivity index (χ1) is 10.7. The number of hydrogen-bond donors (Lipinski definition) is 0. The summed E-state index contributed by atoms with van der Waals surface area (Å²) in [6.45, 7) is 2.34. The van der Waals surface area contributed by atoms with E-state index in [0.717, 1.165) is 12.0 Å². The highest BCUT2D eigenvalue weighted by atomic mass is 16.5. The Morgan fingerprint density at radius 3 is 2.64 bits per heavy atom. The average molecular weight is 290 g/mol. The van der Waals surface area contributed by atoms with Crippen LogP contribution >= 0.6 is 0 Å². The van der Waals surface area contributed by atoms with E-state index >= 15 is 0 Å². The lowest BCUT2D eigenvalue weighted by Gasteiger charge is -2.33. The van der Waals surface area contributed by atoms with E-state index in [9.17, 15) is 4.79 Å². The number of carbonyl (C=O) groups excluding carboxylic acids is 1. The number of carbonyl (C=O) groups is 1. The summed E-state index contributed by atoms with van der Waals surface area (Å²) in [5, 5.41) is 0. The Kier molecular flexibility index (Phi) is 3.20. The highest BCUT2D eigenvalue weighted by Gasteiger charge is 2.32. The second-order valence-electron chi connectivity index (χ2n) is 6.14. The quantitative estimate of drug-likeness (QED) is 0.800. The summed E-state index contributed by atoms with van der Waals surface area (Å²) in [5.41, 5.74) is 7.32. The van der Waals surface area contributed by atoms with Crippen molar-refractivity contribution < 1.29 is 9.53 Å². The zero-order valence-electron chi connectivity index (χ0n) is 12.6. The van der Waals surface area contributed by atoms with Crippen molar-refractivity contribution in [3.63, 3.8) is 0 Å². The second kappa shape index (κ2) is 5.22. The van der Waals surface area contributed by atoms with Crippen molar-refractivity contribution in [2.24, 2.45) is 0 Å². The van der Waals surface area contributed by atoms with Crippen molar-refractivity contribution in [1.82, 2.24) is 0 Å². The van der Waals surface area contributed by atoms with E-state index in [1.54, 1.807) is 0 Å². The van der Waals surface area contributed by atoms with Gasteiger partial charge >= 0.3 is 0 Å². The SMILES string of the molecule is Cc1ccc(C2=C3CC(=O)COC3Cc3ccccc32)cc1. The molecule has 0 spiro atoms. The zero-order valence-corrected chi connectivity index (χ0v) is 12.6. The van der Waals surface area contributed by atoms with Gasteiger partial charge in [0.05, 0.1) is 6.10 Å². The molecule has 22 heavy (non-hydrogen) atoms. The Morgan fingerprint density at radius 2 is 1.82 bits per heavy atom. The molecular weight excluding hydrogens is 272 g/mol. The van der Waals surface area contributed by atoms with E-state index < -0.39 is 0 Å². The fraction of sp³-hybridized carbons (Fsp3) is 0.250. The minimum atomic E-state index is 0.0453. The van der Waals surface area contributed by atoms with Crippen LogP contribution in [0.1, 0.15) is 28.7 Å². The van der Waals surface area contributed by atoms with Gasteiger partial charge in [0.15, 0.2) is 5.78 Å². The van der Waals surface area contributed by atoms with Gasteiger partial charge in [-0.25, -0.2) is 0 Å². The maximum Gasteiger partial charge on any atom is 0.162 e. The van der Waals surface area contributed by atoms with Crippen molar-refractivity contribution in [2.75, 3.05) is 6.61 Å². The first kappa shape index (κ1) is 13.5. The van der Waals surface area contributed by atoms with Gasteiger partial charge in [0, 0.05) is 12.8 Å².